The van der Waals surface area contributed by atoms with Crippen molar-refractivity contribution < 1.29 is 8.23 Å². The molecule has 0 aliphatic rings. The van der Waals surface area contributed by atoms with Gasteiger partial charge in [-0.1, -0.05) is 5.70 Å². The molecule has 2 nitrogen and oxygen atoms in total. The third-order valence-electron chi connectivity index (χ3n) is 0.704. The van der Waals surface area contributed by atoms with Crippen LogP contribution in [0.5, 0.6) is 0 Å². The van der Waals surface area contributed by atoms with E-state index in [1.165, 1.54) is 0 Å². The first-order chi connectivity index (χ1) is 4.22. The zero-order valence-electron chi connectivity index (χ0n) is 6.68. The Hall–Kier alpha value is 0.528. The Balaban J connectivity index is 0. The van der Waals surface area contributed by atoms with Crippen molar-refractivity contribution in [2.45, 2.75) is 6.55 Å². The van der Waals surface area contributed by atoms with Gasteiger partial charge < -0.3 is 8.23 Å². The third kappa shape index (κ3) is 17.7. The van der Waals surface area contributed by atoms with Gasteiger partial charge >= 0.3 is 0 Å². The number of hydrogen-bond donors (Lipinski definition) is 0. The molecule has 0 heterocycles. The fourth-order valence-electron chi connectivity index (χ4n) is 0.0962. The minimum absolute atomic E-state index is 0.835. The molecule has 1 atom stereocenters. The molecule has 0 saturated carbocycles. The molecule has 0 N–H and O–H groups in total. The average Bonchev–Trinajstić information content (AvgIpc) is 1.88. The lowest BCUT2D eigenvalue weighted by molar-refractivity contribution is 0.653. The van der Waals surface area contributed by atoms with Gasteiger partial charge in [-0.2, -0.15) is 0 Å². The third-order valence-corrected chi connectivity index (χ3v) is 4.34. The van der Waals surface area contributed by atoms with E-state index in [1.54, 1.807) is 0 Å². The molecule has 0 aliphatic carbocycles. The Morgan fingerprint density at radius 1 is 1.44 bits per heavy atom. The van der Waals surface area contributed by atoms with E-state index in [2.05, 4.69) is 17.2 Å². The van der Waals surface area contributed by atoms with E-state index in [4.69, 9.17) is 4.12 Å². The molecule has 0 fully saturated rings. The maximum Gasteiger partial charge on any atom is 0.183 e. The second kappa shape index (κ2) is 11.3. The molecule has 6 heteroatoms. The zero-order chi connectivity index (χ0) is 7.70. The lowest BCUT2D eigenvalue weighted by Crippen LogP contribution is -2.05. The van der Waals surface area contributed by atoms with Crippen molar-refractivity contribution in [2.75, 3.05) is 0 Å². The van der Waals surface area contributed by atoms with Crippen molar-refractivity contribution >= 4 is 40.5 Å². The van der Waals surface area contributed by atoms with Crippen LogP contribution in [0.4, 0.5) is 0 Å². The smallest absolute Gasteiger partial charge is 0.183 e. The zero-order valence-corrected chi connectivity index (χ0v) is 13.8. The van der Waals surface area contributed by atoms with Gasteiger partial charge in [0, 0.05) is 0 Å². The molecule has 0 amide bonds. The van der Waals surface area contributed by atoms with Crippen molar-refractivity contribution in [3.8, 4) is 0 Å². The quantitative estimate of drug-likeness (QED) is 0.437. The standard InChI is InChI=1S/C3H10OSi2.H6OSi2/c1-3-6(2)4-5;2-1-3/h3,6H,1H2,2,5H3;2-3H3. The van der Waals surface area contributed by atoms with Crippen LogP contribution in [0.1, 0.15) is 0 Å². The van der Waals surface area contributed by atoms with E-state index < -0.39 is 9.04 Å². The molecule has 0 aliphatic heterocycles. The van der Waals surface area contributed by atoms with Crippen LogP contribution in [0.25, 0.3) is 0 Å². The van der Waals surface area contributed by atoms with Crippen LogP contribution in [0, 0.1) is 0 Å². The van der Waals surface area contributed by atoms with Crippen molar-refractivity contribution in [2.24, 2.45) is 0 Å². The molecule has 0 spiro atoms. The maximum absolute atomic E-state index is 5.06. The van der Waals surface area contributed by atoms with Gasteiger partial charge in [0.05, 0.1) is 0 Å². The Bertz CT molecular complexity index is 59.8. The van der Waals surface area contributed by atoms with Crippen molar-refractivity contribution in [3.05, 3.63) is 12.3 Å². The summed E-state index contributed by atoms with van der Waals surface area (Å²) >= 11 is 0. The summed E-state index contributed by atoms with van der Waals surface area (Å²) in [6, 6.07) is 0. The number of hydrogen-bond acceptors (Lipinski definition) is 2. The molecular weight excluding hydrogens is 180 g/mol. The fraction of sp³-hybridized carbons (Fsp3) is 0.333. The van der Waals surface area contributed by atoms with E-state index in [0.29, 0.717) is 0 Å². The van der Waals surface area contributed by atoms with Crippen LogP contribution in [-0.2, 0) is 8.23 Å². The first-order valence-corrected chi connectivity index (χ1v) is 7.52. The highest BCUT2D eigenvalue weighted by atomic mass is 28.3. The molecule has 9 heavy (non-hydrogen) atoms. The summed E-state index contributed by atoms with van der Waals surface area (Å²) in [5, 5.41) is 0. The monoisotopic (exact) mass is 196 g/mol. The second-order valence-electron chi connectivity index (χ2n) is 1.58. The van der Waals surface area contributed by atoms with Gasteiger partial charge in [0.1, 0.15) is 31.5 Å². The van der Waals surface area contributed by atoms with Crippen molar-refractivity contribution in [3.63, 3.8) is 0 Å². The van der Waals surface area contributed by atoms with Crippen molar-refractivity contribution in [1.29, 1.82) is 0 Å². The minimum Gasteiger partial charge on any atom is -0.471 e. The molecule has 0 saturated heterocycles. The summed E-state index contributed by atoms with van der Waals surface area (Å²) in [6.45, 7) is 5.70. The lowest BCUT2D eigenvalue weighted by atomic mass is 11.3. The van der Waals surface area contributed by atoms with Gasteiger partial charge in [0.15, 0.2) is 9.04 Å². The predicted molar refractivity (Wildman–Crippen MR) is 55.2 cm³/mol. The summed E-state index contributed by atoms with van der Waals surface area (Å²) in [5.74, 6) is 0. The van der Waals surface area contributed by atoms with Gasteiger partial charge in [-0.3, -0.25) is 0 Å². The Kier molecular flexibility index (Phi) is 15.4. The van der Waals surface area contributed by atoms with Crippen LogP contribution in [0.2, 0.25) is 6.55 Å². The Morgan fingerprint density at radius 2 is 1.78 bits per heavy atom. The van der Waals surface area contributed by atoms with Crippen LogP contribution in [-0.4, -0.2) is 40.5 Å². The SMILES string of the molecule is C=C[SiH](C)O[SiH3].[SiH3]O[SiH3]. The summed E-state index contributed by atoms with van der Waals surface area (Å²) in [6.07, 6.45) is 0. The van der Waals surface area contributed by atoms with E-state index in [-0.39, 0.29) is 0 Å². The van der Waals surface area contributed by atoms with E-state index in [0.717, 1.165) is 31.5 Å². The normalized spacial score (nSPS) is 12.1. The largest absolute Gasteiger partial charge is 0.471 e. The first-order valence-electron chi connectivity index (χ1n) is 2.78. The molecular formula is C3H16O2Si4. The Labute approximate surface area is 68.0 Å². The van der Waals surface area contributed by atoms with Gasteiger partial charge in [-0.15, -0.1) is 6.58 Å². The highest BCUT2D eigenvalue weighted by molar-refractivity contribution is 6.59. The van der Waals surface area contributed by atoms with Crippen LogP contribution in [0.3, 0.4) is 0 Å². The molecule has 0 radical (unpaired) electrons. The molecule has 56 valence electrons. The van der Waals surface area contributed by atoms with Gasteiger partial charge in [0.2, 0.25) is 0 Å². The van der Waals surface area contributed by atoms with E-state index >= 15 is 0 Å². The summed E-state index contributed by atoms with van der Waals surface area (Å²) in [5.41, 5.74) is 1.92. The molecule has 0 aromatic rings. The molecule has 0 bridgehead atoms. The topological polar surface area (TPSA) is 18.5 Å². The van der Waals surface area contributed by atoms with Gasteiger partial charge in [-0.25, -0.2) is 0 Å². The maximum atomic E-state index is 5.06. The van der Waals surface area contributed by atoms with Gasteiger partial charge in [0.25, 0.3) is 0 Å². The van der Waals surface area contributed by atoms with E-state index in [1.807, 2.05) is 5.70 Å². The summed E-state index contributed by atoms with van der Waals surface area (Å²) in [7, 11) is 1.90. The fourth-order valence-corrected chi connectivity index (χ4v) is 0.866. The molecule has 0 rings (SSSR count). The van der Waals surface area contributed by atoms with E-state index in [9.17, 15) is 0 Å². The van der Waals surface area contributed by atoms with Crippen LogP contribution in [0.15, 0.2) is 12.3 Å². The summed E-state index contributed by atoms with van der Waals surface area (Å²) in [4.78, 5) is 0. The lowest BCUT2D eigenvalue weighted by Gasteiger charge is -1.95. The molecule has 1 unspecified atom stereocenters. The molecule has 0 aromatic carbocycles. The molecule has 0 aromatic heterocycles. The minimum atomic E-state index is -0.835. The highest BCUT2D eigenvalue weighted by Gasteiger charge is 1.87. The average molecular weight is 197 g/mol. The first kappa shape index (κ1) is 12.2. The van der Waals surface area contributed by atoms with Crippen LogP contribution < -0.4 is 0 Å². The number of rotatable bonds is 2. The predicted octanol–water partition coefficient (Wildman–Crippen LogP) is -3.07. The summed E-state index contributed by atoms with van der Waals surface area (Å²) < 4.78 is 9.59. The van der Waals surface area contributed by atoms with Crippen molar-refractivity contribution in [1.82, 2.24) is 0 Å². The van der Waals surface area contributed by atoms with Crippen LogP contribution >= 0.6 is 0 Å². The highest BCUT2D eigenvalue weighted by Crippen LogP contribution is 1.77. The van der Waals surface area contributed by atoms with Gasteiger partial charge in [-0.05, 0) is 6.55 Å². The Morgan fingerprint density at radius 3 is 1.78 bits per heavy atom. The second-order valence-corrected chi connectivity index (χ2v) is 8.62.